The van der Waals surface area contributed by atoms with Gasteiger partial charge < -0.3 is 18.9 Å². The number of ether oxygens (including phenoxy) is 1. The van der Waals surface area contributed by atoms with E-state index in [4.69, 9.17) is 14.2 Å². The van der Waals surface area contributed by atoms with E-state index in [2.05, 4.69) is 4.74 Å². The van der Waals surface area contributed by atoms with Crippen LogP contribution >= 0.6 is 7.60 Å². The zero-order valence-corrected chi connectivity index (χ0v) is 12.7. The summed E-state index contributed by atoms with van der Waals surface area (Å²) in [5.74, 6) is -5.96. The Bertz CT molecular complexity index is 340. The highest BCUT2D eigenvalue weighted by atomic mass is 31.2. The fourth-order valence-electron chi connectivity index (χ4n) is 1.44. The summed E-state index contributed by atoms with van der Waals surface area (Å²) in [4.78, 5) is 10.6. The quantitative estimate of drug-likeness (QED) is 0.490. The Morgan fingerprint density at radius 1 is 1.30 bits per heavy atom. The molecule has 0 aliphatic carbocycles. The molecule has 0 heterocycles. The fraction of sp³-hybridized carbons (Fsp3) is 0.909. The van der Waals surface area contributed by atoms with Crippen LogP contribution < -0.4 is 0 Å². The molecule has 9 heteroatoms. The summed E-state index contributed by atoms with van der Waals surface area (Å²) in [6, 6.07) is 0. The maximum atomic E-state index is 14.0. The molecular weight excluding hydrogens is 297 g/mol. The number of halogens is 2. The third-order valence-electron chi connectivity index (χ3n) is 2.36. The highest BCUT2D eigenvalue weighted by Gasteiger charge is 2.47. The van der Waals surface area contributed by atoms with Gasteiger partial charge in [-0.1, -0.05) is 0 Å². The van der Waals surface area contributed by atoms with Crippen LogP contribution in [0.5, 0.6) is 0 Å². The minimum Gasteiger partial charge on any atom is -0.465 e. The Labute approximate surface area is 116 Å². The molecule has 0 unspecified atom stereocenters. The zero-order chi connectivity index (χ0) is 15.8. The largest absolute Gasteiger partial charge is 0.465 e. The highest BCUT2D eigenvalue weighted by Crippen LogP contribution is 2.52. The molecule has 0 aromatic heterocycles. The molecule has 0 spiro atoms. The number of aliphatic hydroxyl groups is 1. The van der Waals surface area contributed by atoms with Crippen molar-refractivity contribution in [1.82, 2.24) is 0 Å². The molecule has 0 fully saturated rings. The molecule has 1 N–H and O–H groups in total. The molecule has 0 saturated carbocycles. The van der Waals surface area contributed by atoms with Gasteiger partial charge in [-0.3, -0.25) is 9.36 Å². The van der Waals surface area contributed by atoms with Crippen molar-refractivity contribution in [2.45, 2.75) is 26.7 Å². The van der Waals surface area contributed by atoms with Gasteiger partial charge in [-0.15, -0.1) is 0 Å². The first-order valence-electron chi connectivity index (χ1n) is 6.21. The maximum absolute atomic E-state index is 14.0. The van der Waals surface area contributed by atoms with Gasteiger partial charge in [0.1, 0.15) is 12.8 Å². The van der Waals surface area contributed by atoms with Gasteiger partial charge in [0.05, 0.1) is 25.7 Å². The smallest absolute Gasteiger partial charge is 0.336 e. The lowest BCUT2D eigenvalue weighted by molar-refractivity contribution is -0.148. The van der Waals surface area contributed by atoms with Crippen LogP contribution in [0.3, 0.4) is 0 Å². The van der Waals surface area contributed by atoms with Gasteiger partial charge in [-0.05, 0) is 13.8 Å². The van der Waals surface area contributed by atoms with E-state index in [1.54, 1.807) is 0 Å². The molecule has 0 radical (unpaired) electrons. The summed E-state index contributed by atoms with van der Waals surface area (Å²) in [6.07, 6.45) is -1.17. The maximum Gasteiger partial charge on any atom is 0.336 e. The Morgan fingerprint density at radius 3 is 2.15 bits per heavy atom. The molecular formula is C11H21F2O6P. The van der Waals surface area contributed by atoms with Crippen LogP contribution in [0.25, 0.3) is 0 Å². The van der Waals surface area contributed by atoms with Gasteiger partial charge in [0.15, 0.2) is 0 Å². The predicted octanol–water partition coefficient (Wildman–Crippen LogP) is 2.06. The molecule has 0 amide bonds. The van der Waals surface area contributed by atoms with Crippen LogP contribution in [-0.4, -0.2) is 49.6 Å². The lowest BCUT2D eigenvalue weighted by Crippen LogP contribution is -2.38. The van der Waals surface area contributed by atoms with E-state index < -0.39 is 44.8 Å². The summed E-state index contributed by atoms with van der Waals surface area (Å²) < 4.78 is 54.1. The minimum atomic E-state index is -3.96. The highest BCUT2D eigenvalue weighted by molar-refractivity contribution is 7.53. The molecule has 0 bridgehead atoms. The van der Waals surface area contributed by atoms with Crippen LogP contribution in [0.1, 0.15) is 20.8 Å². The number of hydrogen-bond donors (Lipinski definition) is 1. The normalized spacial score (nSPS) is 14.1. The van der Waals surface area contributed by atoms with Crippen molar-refractivity contribution in [2.75, 3.05) is 32.6 Å². The van der Waals surface area contributed by atoms with Crippen LogP contribution in [0.15, 0.2) is 0 Å². The second-order valence-corrected chi connectivity index (χ2v) is 6.10. The number of alkyl halides is 2. The summed E-state index contributed by atoms with van der Waals surface area (Å²) >= 11 is 0. The van der Waals surface area contributed by atoms with E-state index in [0.717, 1.165) is 6.92 Å². The number of carbonyl (C=O) groups excluding carboxylic acids is 1. The third kappa shape index (κ3) is 6.74. The predicted molar refractivity (Wildman–Crippen MR) is 67.9 cm³/mol. The van der Waals surface area contributed by atoms with Gasteiger partial charge in [0, 0.05) is 6.92 Å². The first-order chi connectivity index (χ1) is 9.20. The molecule has 0 aliphatic heterocycles. The summed E-state index contributed by atoms with van der Waals surface area (Å²) in [5.41, 5.74) is 0. The average molecular weight is 318 g/mol. The molecule has 0 aromatic carbocycles. The molecule has 120 valence electrons. The monoisotopic (exact) mass is 318 g/mol. The van der Waals surface area contributed by atoms with Crippen LogP contribution in [0.4, 0.5) is 8.78 Å². The van der Waals surface area contributed by atoms with Crippen molar-refractivity contribution in [3.8, 4) is 0 Å². The van der Waals surface area contributed by atoms with Crippen molar-refractivity contribution in [1.29, 1.82) is 0 Å². The van der Waals surface area contributed by atoms with Crippen molar-refractivity contribution < 1.29 is 37.0 Å². The Balaban J connectivity index is 4.88. The third-order valence-corrected chi connectivity index (χ3v) is 4.47. The Morgan fingerprint density at radius 2 is 1.80 bits per heavy atom. The Hall–Kier alpha value is -0.560. The molecule has 6 nitrogen and oxygen atoms in total. The second kappa shape index (κ2) is 8.67. The standard InChI is InChI=1S/C11H21F2O6P/c1-4-18-20(16,19-5-2)8-11(12,13)10(6-14)7-17-9(3)15/h10,14H,4-8H2,1-3H3/t10-/m1/s1. The zero-order valence-electron chi connectivity index (χ0n) is 11.8. The first kappa shape index (κ1) is 19.4. The van der Waals surface area contributed by atoms with Crippen molar-refractivity contribution >= 4 is 13.6 Å². The lowest BCUT2D eigenvalue weighted by Gasteiger charge is -2.28. The van der Waals surface area contributed by atoms with Crippen LogP contribution in [0, 0.1) is 5.92 Å². The van der Waals surface area contributed by atoms with Gasteiger partial charge >= 0.3 is 13.6 Å². The second-order valence-electron chi connectivity index (χ2n) is 4.05. The average Bonchev–Trinajstić information content (AvgIpc) is 2.28. The molecule has 0 saturated heterocycles. The summed E-state index contributed by atoms with van der Waals surface area (Å²) in [7, 11) is -3.96. The topological polar surface area (TPSA) is 82.1 Å². The SMILES string of the molecule is CCOP(=O)(CC(F)(F)[C@H](CO)COC(C)=O)OCC. The molecule has 0 rings (SSSR count). The number of hydrogen-bond acceptors (Lipinski definition) is 6. The van der Waals surface area contributed by atoms with E-state index in [0.29, 0.717) is 0 Å². The van der Waals surface area contributed by atoms with E-state index in [9.17, 15) is 18.1 Å². The van der Waals surface area contributed by atoms with Gasteiger partial charge in [0.25, 0.3) is 5.92 Å². The van der Waals surface area contributed by atoms with Gasteiger partial charge in [-0.2, -0.15) is 0 Å². The summed E-state index contributed by atoms with van der Waals surface area (Å²) in [5, 5.41) is 8.99. The minimum absolute atomic E-state index is 0.0406. The van der Waals surface area contributed by atoms with Gasteiger partial charge in [0.2, 0.25) is 0 Å². The Kier molecular flexibility index (Phi) is 8.42. The number of rotatable bonds is 10. The number of esters is 1. The molecule has 1 atom stereocenters. The molecule has 0 aliphatic rings. The first-order valence-corrected chi connectivity index (χ1v) is 7.93. The van der Waals surface area contributed by atoms with E-state index >= 15 is 0 Å². The van der Waals surface area contributed by atoms with E-state index in [1.807, 2.05) is 0 Å². The number of aliphatic hydroxyl groups excluding tert-OH is 1. The van der Waals surface area contributed by atoms with Gasteiger partial charge in [-0.25, -0.2) is 8.78 Å². The van der Waals surface area contributed by atoms with Crippen molar-refractivity contribution in [3.63, 3.8) is 0 Å². The van der Waals surface area contributed by atoms with Crippen molar-refractivity contribution in [3.05, 3.63) is 0 Å². The molecule has 0 aromatic rings. The van der Waals surface area contributed by atoms with Crippen molar-refractivity contribution in [2.24, 2.45) is 5.92 Å². The molecule has 20 heavy (non-hydrogen) atoms. The number of carbonyl (C=O) groups is 1. The van der Waals surface area contributed by atoms with E-state index in [1.165, 1.54) is 13.8 Å². The summed E-state index contributed by atoms with van der Waals surface area (Å²) in [6.45, 7) is 2.41. The van der Waals surface area contributed by atoms with E-state index in [-0.39, 0.29) is 13.2 Å². The van der Waals surface area contributed by atoms with Crippen LogP contribution in [0.2, 0.25) is 0 Å². The lowest BCUT2D eigenvalue weighted by atomic mass is 10.1. The van der Waals surface area contributed by atoms with Crippen LogP contribution in [-0.2, 0) is 23.1 Å². The fourth-order valence-corrected chi connectivity index (χ4v) is 3.25.